The number of benzene rings is 7. The lowest BCUT2D eigenvalue weighted by molar-refractivity contribution is -0.112. The molecule has 0 fully saturated rings. The number of fused-ring (bicyclic) bond motifs is 4. The van der Waals surface area contributed by atoms with E-state index in [1.165, 1.54) is 24.3 Å². The second-order valence-corrected chi connectivity index (χ2v) is 33.8. The summed E-state index contributed by atoms with van der Waals surface area (Å²) in [4.78, 5) is 93.0. The minimum atomic E-state index is -0.355. The molecule has 0 aliphatic carbocycles. The van der Waals surface area contributed by atoms with Crippen molar-refractivity contribution in [1.29, 1.82) is 0 Å². The van der Waals surface area contributed by atoms with Crippen molar-refractivity contribution in [3.8, 4) is 91.3 Å². The second-order valence-electron chi connectivity index (χ2n) is 33.8. The van der Waals surface area contributed by atoms with Gasteiger partial charge in [-0.05, 0) is 194 Å². The van der Waals surface area contributed by atoms with Crippen molar-refractivity contribution < 1.29 is 57.1 Å². The first-order chi connectivity index (χ1) is 71.2. The van der Waals surface area contributed by atoms with E-state index in [-0.39, 0.29) is 23.6 Å². The summed E-state index contributed by atoms with van der Waals surface area (Å²) < 4.78 is 53.2. The molecule has 0 spiro atoms. The molecular formula is C108H123N27O12. The third-order valence-corrected chi connectivity index (χ3v) is 22.2. The van der Waals surface area contributed by atoms with Crippen LogP contribution in [-0.4, -0.2) is 253 Å². The number of hydrogen-bond acceptors (Lipinski definition) is 31. The van der Waals surface area contributed by atoms with Gasteiger partial charge in [0, 0.05) is 134 Å². The molecular weight excluding hydrogens is 1870 g/mol. The van der Waals surface area contributed by atoms with Gasteiger partial charge < -0.3 is 105 Å². The van der Waals surface area contributed by atoms with Crippen LogP contribution < -0.4 is 80.4 Å². The third kappa shape index (κ3) is 28.4. The molecule has 16 aromatic rings. The Hall–Kier alpha value is -17.7. The van der Waals surface area contributed by atoms with Crippen molar-refractivity contribution in [3.63, 3.8) is 0 Å². The molecule has 39 nitrogen and oxygen atoms in total. The number of nitrogens with one attached hydrogen (secondary N) is 9. The summed E-state index contributed by atoms with van der Waals surface area (Å²) >= 11 is 0. The fraction of sp³-hybridized carbons (Fsp3) is 0.250. The number of ether oxygens (including phenoxy) is 8. The molecule has 39 heteroatoms. The Balaban J connectivity index is 0.000000164. The smallest absolute Gasteiger partial charge is 0.247 e. The van der Waals surface area contributed by atoms with Crippen molar-refractivity contribution in [2.24, 2.45) is 14.1 Å². The van der Waals surface area contributed by atoms with Crippen LogP contribution in [0, 0.1) is 6.92 Å². The van der Waals surface area contributed by atoms with Crippen LogP contribution >= 0.6 is 0 Å². The molecule has 0 saturated carbocycles. The first-order valence-corrected chi connectivity index (χ1v) is 47.5. The molecule has 7 aromatic carbocycles. The van der Waals surface area contributed by atoms with Crippen LogP contribution in [0.5, 0.6) is 46.0 Å². The average Bonchev–Trinajstić information content (AvgIpc) is 1.62. The highest BCUT2D eigenvalue weighted by Crippen LogP contribution is 2.45. The molecule has 0 aliphatic rings. The van der Waals surface area contributed by atoms with E-state index in [1.54, 1.807) is 90.1 Å². The Bertz CT molecular complexity index is 7110. The van der Waals surface area contributed by atoms with E-state index >= 15 is 0 Å². The number of aromatic amines is 1. The highest BCUT2D eigenvalue weighted by molar-refractivity contribution is 6.04. The van der Waals surface area contributed by atoms with Crippen LogP contribution in [0.25, 0.3) is 83.5 Å². The van der Waals surface area contributed by atoms with E-state index in [2.05, 4.69) is 150 Å². The largest absolute Gasteiger partial charge is 0.492 e. The first-order valence-electron chi connectivity index (χ1n) is 47.5. The number of amides is 4. The van der Waals surface area contributed by atoms with Crippen molar-refractivity contribution in [2.75, 3.05) is 178 Å². The van der Waals surface area contributed by atoms with Crippen LogP contribution in [0.2, 0.25) is 0 Å². The maximum atomic E-state index is 12.2. The number of pyridine rings is 1. The molecule has 4 amide bonds. The zero-order valence-electron chi connectivity index (χ0n) is 85.1. The van der Waals surface area contributed by atoms with Gasteiger partial charge in [0.15, 0.2) is 0 Å². The Kier molecular flexibility index (Phi) is 37.6. The number of rotatable bonds is 44. The predicted octanol–water partition coefficient (Wildman–Crippen LogP) is 17.6. The quantitative estimate of drug-likeness (QED) is 0.0160. The van der Waals surface area contributed by atoms with E-state index in [9.17, 15) is 19.2 Å². The molecule has 0 saturated heterocycles. The molecule has 0 bridgehead atoms. The third-order valence-electron chi connectivity index (χ3n) is 22.2. The van der Waals surface area contributed by atoms with Gasteiger partial charge in [0.1, 0.15) is 83.8 Å². The van der Waals surface area contributed by atoms with E-state index in [0.717, 1.165) is 77.8 Å². The fourth-order valence-corrected chi connectivity index (χ4v) is 14.9. The topological polar surface area (TPSA) is 423 Å². The number of H-pyrrole nitrogens is 1. The molecule has 762 valence electrons. The average molecular weight is 1990 g/mol. The number of aryl methyl sites for hydroxylation is 2. The predicted molar refractivity (Wildman–Crippen MR) is 579 cm³/mol. The molecule has 147 heavy (non-hydrogen) atoms. The Morgan fingerprint density at radius 1 is 0.374 bits per heavy atom. The summed E-state index contributed by atoms with van der Waals surface area (Å²) in [6.07, 6.45) is 15.2. The second kappa shape index (κ2) is 51.8. The van der Waals surface area contributed by atoms with Gasteiger partial charge in [0.25, 0.3) is 0 Å². The zero-order chi connectivity index (χ0) is 105. The highest BCUT2D eigenvalue weighted by Gasteiger charge is 2.25. The minimum absolute atomic E-state index is 0.345. The molecule has 0 aliphatic heterocycles. The van der Waals surface area contributed by atoms with Crippen LogP contribution in [0.1, 0.15) is 33.4 Å². The standard InChI is InChI=1S/C29H34N6O3.C27H31N7O3.2C26H29N7O3/c1-7-27(36)31-22-17-23(25(37-8-2)18-26(22)38-16-15-34(4)5)33-29-30-14-13-21(32-29)28-19(3)35(6)24-12-10-9-11-20(24)28;1-6-25(35)29-20-16-21(23(36-7-2)17-24(20)37-15-14-33(3)4)31-27-28-13-12-19(30-27)26-18-10-8-9-11-22(18)34(5)32-26;1-5-25(34)29-20-15-21(23(35-6-2)16-24(20)36-14-13-32(3)4)31-26-27-11-10-19(30-26)18-17-28-33-12-8-7-9-22(18)33;1-5-24(34)28-20-15-21(22(35-6-2)16-23(20)36-14-13-33(3)4)30-26-27-12-11-19(29-26)25-17-9-7-8-10-18(17)31-32-25/h7,9-14,17-18H,1,8,15-16H2,2-6H3,(H,31,36)(H,30,32,33);6,8-13,16-17H,1,7,14-15H2,2-5H3,(H,29,35)(H,28,30,31);5,7-12,15-17H,1,6,13-14H2,2-4H3,(H,29,34)(H,27,30,31);5,7-12,15-16H,1,6,13-14H2,2-4H3,(H,28,34)(H,31,32)(H,27,29,30). The molecule has 9 aromatic heterocycles. The lowest BCUT2D eigenvalue weighted by atomic mass is 10.1. The van der Waals surface area contributed by atoms with Gasteiger partial charge in [-0.2, -0.15) is 15.3 Å². The summed E-state index contributed by atoms with van der Waals surface area (Å²) in [5, 5.41) is 43.8. The van der Waals surface area contributed by atoms with Crippen LogP contribution in [0.4, 0.5) is 69.3 Å². The number of likely N-dealkylation sites (N-methyl/N-ethyl adjacent to an activating group) is 4. The maximum absolute atomic E-state index is 12.2. The number of hydrogen-bond donors (Lipinski definition) is 9. The first kappa shape index (κ1) is 107. The van der Waals surface area contributed by atoms with Crippen LogP contribution in [-0.2, 0) is 33.3 Å². The molecule has 0 atom stereocenters. The number of carbonyl (C=O) groups excluding carboxylic acids is 4. The van der Waals surface area contributed by atoms with Crippen molar-refractivity contribution >= 4 is 131 Å². The number of carbonyl (C=O) groups is 4. The number of nitrogens with zero attached hydrogens (tertiary/aromatic N) is 18. The Morgan fingerprint density at radius 2 is 0.707 bits per heavy atom. The summed E-state index contributed by atoms with van der Waals surface area (Å²) in [6, 6.07) is 51.3. The Morgan fingerprint density at radius 3 is 1.11 bits per heavy atom. The highest BCUT2D eigenvalue weighted by atomic mass is 16.5. The number of anilines is 12. The van der Waals surface area contributed by atoms with Crippen molar-refractivity contribution in [3.05, 3.63) is 257 Å². The van der Waals surface area contributed by atoms with Gasteiger partial charge >= 0.3 is 0 Å². The Labute approximate surface area is 852 Å². The summed E-state index contributed by atoms with van der Waals surface area (Å²) in [7, 11) is 19.7. The zero-order valence-corrected chi connectivity index (χ0v) is 85.1. The summed E-state index contributed by atoms with van der Waals surface area (Å²) in [5.74, 6) is 4.19. The molecule has 9 N–H and O–H groups in total. The van der Waals surface area contributed by atoms with Gasteiger partial charge in [0.05, 0.1) is 117 Å². The van der Waals surface area contributed by atoms with Crippen LogP contribution in [0.15, 0.2) is 252 Å². The fourth-order valence-electron chi connectivity index (χ4n) is 14.9. The van der Waals surface area contributed by atoms with Crippen molar-refractivity contribution in [1.82, 2.24) is 93.6 Å². The molecule has 9 heterocycles. The van der Waals surface area contributed by atoms with Gasteiger partial charge in [-0.15, -0.1) is 0 Å². The SMILES string of the molecule is C=CC(=O)Nc1cc(Nc2nccc(-c3c(C)n(C)c4ccccc34)n2)c(OCC)cc1OCCN(C)C.C=CC(=O)Nc1cc(Nc2nccc(-c3cnn4ccccc34)n2)c(OCC)cc1OCCN(C)C.C=CC(=O)Nc1cc(Nc2nccc(-c3n[nH]c4ccccc34)n2)c(OCC)cc1OCCN(C)C.C=CC(=O)Nc1cc(Nc2nccc(-c3nn(C)c4ccccc34)n2)c(OCC)cc1OCCN(C)C. The number of para-hydroxylation sites is 3. The van der Waals surface area contributed by atoms with E-state index < -0.39 is 0 Å². The maximum Gasteiger partial charge on any atom is 0.247 e. The van der Waals surface area contributed by atoms with Gasteiger partial charge in [-0.3, -0.25) is 29.0 Å². The van der Waals surface area contributed by atoms with Crippen LogP contribution in [0.3, 0.4) is 0 Å². The van der Waals surface area contributed by atoms with E-state index in [1.807, 2.05) is 219 Å². The lowest BCUT2D eigenvalue weighted by Gasteiger charge is -2.19. The monoisotopic (exact) mass is 1990 g/mol. The lowest BCUT2D eigenvalue weighted by Crippen LogP contribution is -2.20. The normalized spacial score (nSPS) is 10.9. The summed E-state index contributed by atoms with van der Waals surface area (Å²) in [6.45, 7) is 30.2. The van der Waals surface area contributed by atoms with Gasteiger partial charge in [-0.1, -0.05) is 87.0 Å². The van der Waals surface area contributed by atoms with Gasteiger partial charge in [-0.25, -0.2) is 44.4 Å². The summed E-state index contributed by atoms with van der Waals surface area (Å²) in [5.41, 5.74) is 15.6. The molecule has 16 rings (SSSR count). The van der Waals surface area contributed by atoms with E-state index in [0.29, 0.717) is 206 Å². The van der Waals surface area contributed by atoms with Crippen molar-refractivity contribution in [2.45, 2.75) is 34.6 Å². The molecule has 0 unspecified atom stereocenters. The minimum Gasteiger partial charge on any atom is -0.492 e. The van der Waals surface area contributed by atoms with E-state index in [4.69, 9.17) is 47.9 Å². The number of aromatic nitrogens is 15. The van der Waals surface area contributed by atoms with Gasteiger partial charge in [0.2, 0.25) is 47.4 Å². The molecule has 0 radical (unpaired) electrons.